The number of amides is 1. The number of rotatable bonds is 1. The third kappa shape index (κ3) is 2.35. The third-order valence-electron chi connectivity index (χ3n) is 5.04. The van der Waals surface area contributed by atoms with Crippen molar-refractivity contribution in [3.05, 3.63) is 52.3 Å². The lowest BCUT2D eigenvalue weighted by molar-refractivity contribution is -0.121. The maximum atomic E-state index is 12.3. The first-order valence-electron chi connectivity index (χ1n) is 8.53. The fraction of sp³-hybridized carbons (Fsp3) is 0.368. The molecule has 0 fully saturated rings. The minimum atomic E-state index is -0.163. The highest BCUT2D eigenvalue weighted by Gasteiger charge is 2.33. The summed E-state index contributed by atoms with van der Waals surface area (Å²) in [6, 6.07) is 6.36. The molecule has 0 aliphatic carbocycles. The second-order valence-corrected chi connectivity index (χ2v) is 8.31. The van der Waals surface area contributed by atoms with Crippen molar-refractivity contribution < 1.29 is 9.53 Å². The monoisotopic (exact) mass is 353 g/mol. The summed E-state index contributed by atoms with van der Waals surface area (Å²) in [5.41, 5.74) is 4.32. The van der Waals surface area contributed by atoms with Crippen molar-refractivity contribution in [2.24, 2.45) is 0 Å². The number of nitrogens with one attached hydrogen (secondary N) is 1. The third-order valence-corrected chi connectivity index (χ3v) is 5.79. The van der Waals surface area contributed by atoms with Gasteiger partial charge in [0, 0.05) is 30.3 Å². The molecule has 1 N–H and O–H groups in total. The van der Waals surface area contributed by atoms with Gasteiger partial charge >= 0.3 is 0 Å². The number of thiazole rings is 1. The molecule has 128 valence electrons. The summed E-state index contributed by atoms with van der Waals surface area (Å²) < 4.78 is 8.14. The van der Waals surface area contributed by atoms with Crippen LogP contribution in [-0.4, -0.2) is 20.9 Å². The first-order valence-corrected chi connectivity index (χ1v) is 9.41. The summed E-state index contributed by atoms with van der Waals surface area (Å²) in [4.78, 5) is 18.0. The molecule has 6 heteroatoms. The van der Waals surface area contributed by atoms with Crippen molar-refractivity contribution in [2.45, 2.75) is 44.8 Å². The van der Waals surface area contributed by atoms with Crippen LogP contribution in [0.5, 0.6) is 5.75 Å². The first kappa shape index (κ1) is 15.0. The van der Waals surface area contributed by atoms with Crippen LogP contribution in [0.3, 0.4) is 0 Å². The second-order valence-electron chi connectivity index (χ2n) is 7.44. The predicted molar refractivity (Wildman–Crippen MR) is 96.2 cm³/mol. The van der Waals surface area contributed by atoms with Crippen molar-refractivity contribution in [3.8, 4) is 5.75 Å². The quantitative estimate of drug-likeness (QED) is 0.731. The molecule has 1 amide bonds. The van der Waals surface area contributed by atoms with E-state index in [0.29, 0.717) is 13.0 Å². The lowest BCUT2D eigenvalue weighted by Gasteiger charge is -2.16. The van der Waals surface area contributed by atoms with Gasteiger partial charge < -0.3 is 10.1 Å². The molecule has 2 aliphatic heterocycles. The highest BCUT2D eigenvalue weighted by atomic mass is 32.1. The Morgan fingerprint density at radius 3 is 3.16 bits per heavy atom. The molecule has 25 heavy (non-hydrogen) atoms. The Hall–Kier alpha value is -2.34. The van der Waals surface area contributed by atoms with Gasteiger partial charge in [0.1, 0.15) is 11.4 Å². The Balaban J connectivity index is 1.65. The van der Waals surface area contributed by atoms with E-state index >= 15 is 0 Å². The van der Waals surface area contributed by atoms with Gasteiger partial charge in [-0.15, -0.1) is 11.3 Å². The van der Waals surface area contributed by atoms with Crippen LogP contribution >= 0.6 is 11.3 Å². The number of fused-ring (bicyclic) bond motifs is 4. The normalized spacial score (nSPS) is 21.4. The number of benzene rings is 1. The molecule has 2 aromatic heterocycles. The van der Waals surface area contributed by atoms with Crippen molar-refractivity contribution in [2.75, 3.05) is 0 Å². The minimum absolute atomic E-state index is 0.0103. The number of carbonyl (C=O) groups excluding carboxylic acids is 1. The van der Waals surface area contributed by atoms with E-state index in [1.165, 1.54) is 5.56 Å². The molecule has 3 aromatic rings. The minimum Gasteiger partial charge on any atom is -0.487 e. The summed E-state index contributed by atoms with van der Waals surface area (Å²) >= 11 is 1.62. The molecular formula is C19H19N3O2S. The summed E-state index contributed by atoms with van der Waals surface area (Å²) in [6.07, 6.45) is 3.39. The van der Waals surface area contributed by atoms with E-state index in [2.05, 4.69) is 35.7 Å². The Labute approximate surface area is 149 Å². The maximum Gasteiger partial charge on any atom is 0.221 e. The second kappa shape index (κ2) is 5.08. The van der Waals surface area contributed by atoms with Crippen LogP contribution in [-0.2, 0) is 17.8 Å². The molecular weight excluding hydrogens is 334 g/mol. The van der Waals surface area contributed by atoms with Crippen molar-refractivity contribution in [1.29, 1.82) is 0 Å². The van der Waals surface area contributed by atoms with Crippen LogP contribution < -0.4 is 10.1 Å². The van der Waals surface area contributed by atoms with Gasteiger partial charge in [-0.3, -0.25) is 9.20 Å². The van der Waals surface area contributed by atoms with E-state index < -0.39 is 0 Å². The van der Waals surface area contributed by atoms with Gasteiger partial charge in [-0.1, -0.05) is 12.1 Å². The topological polar surface area (TPSA) is 55.6 Å². The molecule has 1 aromatic carbocycles. The summed E-state index contributed by atoms with van der Waals surface area (Å²) in [6.45, 7) is 4.71. The lowest BCUT2D eigenvalue weighted by Crippen LogP contribution is -2.24. The summed E-state index contributed by atoms with van der Waals surface area (Å²) in [5, 5.41) is 5.02. The van der Waals surface area contributed by atoms with E-state index in [-0.39, 0.29) is 17.4 Å². The van der Waals surface area contributed by atoms with Crippen molar-refractivity contribution >= 4 is 22.2 Å². The van der Waals surface area contributed by atoms with Gasteiger partial charge in [0.15, 0.2) is 4.96 Å². The zero-order chi connectivity index (χ0) is 17.2. The zero-order valence-electron chi connectivity index (χ0n) is 14.2. The standard InChI is InChI=1S/C19H19N3O2S/c1-19(2)9-12-7-11(3-4-15(12)24-19)13-8-16(23)20-10-14-17(13)22-5-6-25-18(22)21-14/h3-7,13H,8-10H2,1-2H3,(H,20,23)/t13-/m1/s1. The first-order chi connectivity index (χ1) is 12.0. The number of carbonyl (C=O) groups is 1. The molecule has 0 bridgehead atoms. The average Bonchev–Trinajstić information content (AvgIpc) is 3.17. The molecule has 2 aliphatic rings. The van der Waals surface area contributed by atoms with Crippen molar-refractivity contribution in [1.82, 2.24) is 14.7 Å². The van der Waals surface area contributed by atoms with E-state index in [1.807, 2.05) is 17.6 Å². The van der Waals surface area contributed by atoms with Crippen LogP contribution in [0.25, 0.3) is 4.96 Å². The van der Waals surface area contributed by atoms with Gasteiger partial charge in [-0.25, -0.2) is 4.98 Å². The van der Waals surface area contributed by atoms with Gasteiger partial charge in [0.2, 0.25) is 5.91 Å². The Morgan fingerprint density at radius 1 is 1.40 bits per heavy atom. The Bertz CT molecular complexity index is 1000. The zero-order valence-corrected chi connectivity index (χ0v) is 15.0. The smallest absolute Gasteiger partial charge is 0.221 e. The molecule has 0 spiro atoms. The van der Waals surface area contributed by atoms with E-state index in [4.69, 9.17) is 9.72 Å². The van der Waals surface area contributed by atoms with Crippen LogP contribution in [0.2, 0.25) is 0 Å². The highest BCUT2D eigenvalue weighted by molar-refractivity contribution is 7.15. The summed E-state index contributed by atoms with van der Waals surface area (Å²) in [5.74, 6) is 1.04. The molecule has 0 saturated carbocycles. The van der Waals surface area contributed by atoms with E-state index in [9.17, 15) is 4.79 Å². The van der Waals surface area contributed by atoms with Crippen molar-refractivity contribution in [3.63, 3.8) is 0 Å². The van der Waals surface area contributed by atoms with Gasteiger partial charge in [-0.2, -0.15) is 0 Å². The number of hydrogen-bond acceptors (Lipinski definition) is 4. The number of nitrogens with zero attached hydrogens (tertiary/aromatic N) is 2. The van der Waals surface area contributed by atoms with Crippen LogP contribution in [0, 0.1) is 0 Å². The number of ether oxygens (including phenoxy) is 1. The van der Waals surface area contributed by atoms with Crippen LogP contribution in [0.1, 0.15) is 48.7 Å². The molecule has 1 atom stereocenters. The number of imidazole rings is 1. The van der Waals surface area contributed by atoms with Gasteiger partial charge in [-0.05, 0) is 31.0 Å². The summed E-state index contributed by atoms with van der Waals surface area (Å²) in [7, 11) is 0. The molecule has 0 radical (unpaired) electrons. The SMILES string of the molecule is CC1(C)Cc2cc([C@H]3CC(=O)NCc4nc5sccn5c43)ccc2O1. The van der Waals surface area contributed by atoms with Crippen LogP contribution in [0.4, 0.5) is 0 Å². The fourth-order valence-corrected chi connectivity index (χ4v) is 4.75. The van der Waals surface area contributed by atoms with Crippen LogP contribution in [0.15, 0.2) is 29.8 Å². The number of aromatic nitrogens is 2. The predicted octanol–water partition coefficient (Wildman–Crippen LogP) is 3.26. The van der Waals surface area contributed by atoms with E-state index in [1.54, 1.807) is 11.3 Å². The highest BCUT2D eigenvalue weighted by Crippen LogP contribution is 2.40. The van der Waals surface area contributed by atoms with Gasteiger partial charge in [0.05, 0.1) is 17.9 Å². The fourth-order valence-electron chi connectivity index (χ4n) is 4.01. The molecule has 4 heterocycles. The lowest BCUT2D eigenvalue weighted by atomic mass is 9.89. The molecule has 5 rings (SSSR count). The average molecular weight is 353 g/mol. The van der Waals surface area contributed by atoms with Gasteiger partial charge in [0.25, 0.3) is 0 Å². The Kier molecular flexibility index (Phi) is 3.04. The molecule has 0 saturated heterocycles. The number of hydrogen-bond donors (Lipinski definition) is 1. The molecule has 5 nitrogen and oxygen atoms in total. The maximum absolute atomic E-state index is 12.3. The Morgan fingerprint density at radius 2 is 2.28 bits per heavy atom. The largest absolute Gasteiger partial charge is 0.487 e. The van der Waals surface area contributed by atoms with E-state index in [0.717, 1.165) is 34.1 Å². The molecule has 0 unspecified atom stereocenters.